The first-order chi connectivity index (χ1) is 14.7. The highest BCUT2D eigenvalue weighted by Gasteiger charge is 2.36. The smallest absolute Gasteiger partial charge is 0.338 e. The fourth-order valence-corrected chi connectivity index (χ4v) is 3.25. The number of carbonyl (C=O) groups excluding carboxylic acids is 2. The van der Waals surface area contributed by atoms with Crippen LogP contribution in [0, 0.1) is 10.1 Å². The molecule has 1 heterocycles. The summed E-state index contributed by atoms with van der Waals surface area (Å²) in [6.45, 7) is 7.50. The van der Waals surface area contributed by atoms with Crippen molar-refractivity contribution in [3.05, 3.63) is 39.1 Å². The molecule has 1 aliphatic heterocycles. The number of rotatable bonds is 10. The van der Waals surface area contributed by atoms with Crippen LogP contribution in [0.3, 0.4) is 0 Å². The van der Waals surface area contributed by atoms with Crippen LogP contribution < -0.4 is 20.1 Å². The lowest BCUT2D eigenvalue weighted by Crippen LogP contribution is -2.46. The highest BCUT2D eigenvalue weighted by Crippen LogP contribution is 2.42. The van der Waals surface area contributed by atoms with Gasteiger partial charge in [0.1, 0.15) is 0 Å². The standard InChI is InChI=1S/C21H29N3O7/c1-6-8-14-17(20(25)31-12(3)4)18(23-21(26)22-14)13-10-15(24(27)28)19(30-9-7-2)16(11-13)29-5/h10-12,18H,6-9H2,1-5H3,(H2,22,23,26). The van der Waals surface area contributed by atoms with Gasteiger partial charge in [0.2, 0.25) is 5.75 Å². The Balaban J connectivity index is 2.67. The van der Waals surface area contributed by atoms with E-state index in [0.717, 1.165) is 0 Å². The minimum Gasteiger partial charge on any atom is -0.493 e. The van der Waals surface area contributed by atoms with Crippen LogP contribution in [0.1, 0.15) is 58.6 Å². The van der Waals surface area contributed by atoms with Crippen LogP contribution in [0.2, 0.25) is 0 Å². The first-order valence-corrected chi connectivity index (χ1v) is 10.2. The van der Waals surface area contributed by atoms with Crippen LogP contribution in [-0.4, -0.2) is 36.7 Å². The molecular formula is C21H29N3O7. The summed E-state index contributed by atoms with van der Waals surface area (Å²) in [7, 11) is 1.37. The number of nitrogens with zero attached hydrogens (tertiary/aromatic N) is 1. The highest BCUT2D eigenvalue weighted by molar-refractivity contribution is 5.95. The minimum absolute atomic E-state index is 0.00225. The van der Waals surface area contributed by atoms with Crippen LogP contribution >= 0.6 is 0 Å². The van der Waals surface area contributed by atoms with E-state index in [2.05, 4.69) is 10.6 Å². The Bertz CT molecular complexity index is 880. The van der Waals surface area contributed by atoms with Crippen molar-refractivity contribution in [1.29, 1.82) is 0 Å². The molecule has 0 aromatic heterocycles. The second-order valence-corrected chi connectivity index (χ2v) is 7.30. The zero-order valence-corrected chi connectivity index (χ0v) is 18.4. The van der Waals surface area contributed by atoms with Crippen LogP contribution in [0.4, 0.5) is 10.5 Å². The van der Waals surface area contributed by atoms with Gasteiger partial charge in [-0.25, -0.2) is 9.59 Å². The van der Waals surface area contributed by atoms with E-state index in [4.69, 9.17) is 14.2 Å². The second kappa shape index (κ2) is 10.6. The van der Waals surface area contributed by atoms with Gasteiger partial charge in [-0.3, -0.25) is 10.1 Å². The molecular weight excluding hydrogens is 406 g/mol. The molecule has 0 bridgehead atoms. The first-order valence-electron chi connectivity index (χ1n) is 10.2. The van der Waals surface area contributed by atoms with Crippen LogP contribution in [0.15, 0.2) is 23.4 Å². The van der Waals surface area contributed by atoms with Crippen molar-refractivity contribution in [2.45, 2.75) is 59.1 Å². The Morgan fingerprint density at radius 2 is 1.97 bits per heavy atom. The van der Waals surface area contributed by atoms with Crippen LogP contribution in [-0.2, 0) is 9.53 Å². The average molecular weight is 435 g/mol. The first kappa shape index (κ1) is 24.0. The summed E-state index contributed by atoms with van der Waals surface area (Å²) in [5.41, 5.74) is 0.624. The quantitative estimate of drug-likeness (QED) is 0.325. The molecule has 2 rings (SSSR count). The predicted molar refractivity (Wildman–Crippen MR) is 113 cm³/mol. The molecule has 1 atom stereocenters. The SMILES string of the molecule is CCCOc1c(OC)cc(C2NC(=O)NC(CCC)=C2C(=O)OC(C)C)cc1[N+](=O)[O-]. The number of esters is 1. The van der Waals surface area contributed by atoms with E-state index in [1.165, 1.54) is 19.2 Å². The number of nitrogens with one attached hydrogen (secondary N) is 2. The molecule has 0 spiro atoms. The minimum atomic E-state index is -0.950. The van der Waals surface area contributed by atoms with Gasteiger partial charge < -0.3 is 24.8 Å². The summed E-state index contributed by atoms with van der Waals surface area (Å²) in [6.07, 6.45) is 1.38. The molecule has 0 fully saturated rings. The van der Waals surface area contributed by atoms with Gasteiger partial charge in [-0.15, -0.1) is 0 Å². The lowest BCUT2D eigenvalue weighted by Gasteiger charge is -2.30. The third-order valence-electron chi connectivity index (χ3n) is 4.47. The molecule has 1 aromatic carbocycles. The molecule has 2 N–H and O–H groups in total. The fourth-order valence-electron chi connectivity index (χ4n) is 3.25. The molecule has 170 valence electrons. The Hall–Kier alpha value is -3.30. The van der Waals surface area contributed by atoms with Crippen molar-refractivity contribution in [3.63, 3.8) is 0 Å². The number of urea groups is 1. The van der Waals surface area contributed by atoms with Gasteiger partial charge in [0, 0.05) is 11.8 Å². The summed E-state index contributed by atoms with van der Waals surface area (Å²) >= 11 is 0. The van der Waals surface area contributed by atoms with Crippen molar-refractivity contribution < 1.29 is 28.7 Å². The molecule has 0 radical (unpaired) electrons. The van der Waals surface area contributed by atoms with E-state index in [0.29, 0.717) is 30.5 Å². The summed E-state index contributed by atoms with van der Waals surface area (Å²) in [4.78, 5) is 36.4. The second-order valence-electron chi connectivity index (χ2n) is 7.30. The molecule has 1 unspecified atom stereocenters. The van der Waals surface area contributed by atoms with Crippen molar-refractivity contribution in [3.8, 4) is 11.5 Å². The largest absolute Gasteiger partial charge is 0.493 e. The van der Waals surface area contributed by atoms with Crippen molar-refractivity contribution >= 4 is 17.7 Å². The maximum atomic E-state index is 12.9. The number of carbonyl (C=O) groups is 2. The van der Waals surface area contributed by atoms with E-state index in [1.54, 1.807) is 13.8 Å². The van der Waals surface area contributed by atoms with Crippen molar-refractivity contribution in [2.24, 2.45) is 0 Å². The molecule has 10 heteroatoms. The molecule has 1 aromatic rings. The number of methoxy groups -OCH3 is 1. The molecule has 0 aliphatic carbocycles. The number of allylic oxidation sites excluding steroid dienone is 1. The van der Waals surface area contributed by atoms with Crippen molar-refractivity contribution in [2.75, 3.05) is 13.7 Å². The molecule has 31 heavy (non-hydrogen) atoms. The fraction of sp³-hybridized carbons (Fsp3) is 0.524. The van der Waals surface area contributed by atoms with E-state index in [1.807, 2.05) is 13.8 Å². The summed E-state index contributed by atoms with van der Waals surface area (Å²) < 4.78 is 16.3. The Morgan fingerprint density at radius 1 is 1.26 bits per heavy atom. The molecule has 2 amide bonds. The number of benzene rings is 1. The van der Waals surface area contributed by atoms with Gasteiger partial charge in [-0.05, 0) is 38.3 Å². The van der Waals surface area contributed by atoms with Gasteiger partial charge in [-0.2, -0.15) is 0 Å². The van der Waals surface area contributed by atoms with E-state index >= 15 is 0 Å². The van der Waals surface area contributed by atoms with Gasteiger partial charge in [0.15, 0.2) is 5.75 Å². The maximum Gasteiger partial charge on any atom is 0.338 e. The van der Waals surface area contributed by atoms with Crippen molar-refractivity contribution in [1.82, 2.24) is 10.6 Å². The molecule has 0 saturated heterocycles. The average Bonchev–Trinajstić information content (AvgIpc) is 2.70. The summed E-state index contributed by atoms with van der Waals surface area (Å²) in [6, 6.07) is 1.35. The van der Waals surface area contributed by atoms with E-state index in [9.17, 15) is 19.7 Å². The van der Waals surface area contributed by atoms with Gasteiger partial charge in [-0.1, -0.05) is 20.3 Å². The van der Waals surface area contributed by atoms with Crippen LogP contribution in [0.5, 0.6) is 11.5 Å². The highest BCUT2D eigenvalue weighted by atomic mass is 16.6. The molecule has 1 aliphatic rings. The number of amides is 2. The Labute approximate surface area is 181 Å². The number of hydrogen-bond donors (Lipinski definition) is 2. The maximum absolute atomic E-state index is 12.9. The summed E-state index contributed by atoms with van der Waals surface area (Å²) in [5.74, 6) is -0.467. The third kappa shape index (κ3) is 5.65. The molecule has 10 nitrogen and oxygen atoms in total. The number of nitro benzene ring substituents is 1. The number of nitro groups is 1. The molecule has 0 saturated carbocycles. The van der Waals surface area contributed by atoms with E-state index < -0.39 is 23.0 Å². The Kier molecular flexibility index (Phi) is 8.23. The zero-order chi connectivity index (χ0) is 23.1. The third-order valence-corrected chi connectivity index (χ3v) is 4.47. The van der Waals surface area contributed by atoms with Gasteiger partial charge >= 0.3 is 17.7 Å². The predicted octanol–water partition coefficient (Wildman–Crippen LogP) is 3.75. The van der Waals surface area contributed by atoms with Crippen LogP contribution in [0.25, 0.3) is 0 Å². The number of hydrogen-bond acceptors (Lipinski definition) is 7. The monoisotopic (exact) mass is 435 g/mol. The summed E-state index contributed by atoms with van der Waals surface area (Å²) in [5, 5.41) is 17.1. The number of ether oxygens (including phenoxy) is 3. The zero-order valence-electron chi connectivity index (χ0n) is 18.4. The van der Waals surface area contributed by atoms with Gasteiger partial charge in [0.25, 0.3) is 0 Å². The lowest BCUT2D eigenvalue weighted by molar-refractivity contribution is -0.386. The normalized spacial score (nSPS) is 15.9. The van der Waals surface area contributed by atoms with Gasteiger partial charge in [0.05, 0.1) is 36.4 Å². The topological polar surface area (TPSA) is 129 Å². The van der Waals surface area contributed by atoms with E-state index in [-0.39, 0.29) is 35.5 Å². The lowest BCUT2D eigenvalue weighted by atomic mass is 9.93. The Morgan fingerprint density at radius 3 is 2.52 bits per heavy atom.